The summed E-state index contributed by atoms with van der Waals surface area (Å²) in [6, 6.07) is 1.60. The molecule has 0 amide bonds. The minimum atomic E-state index is -0.948. The summed E-state index contributed by atoms with van der Waals surface area (Å²) in [6.45, 7) is 7.85. The van der Waals surface area contributed by atoms with Crippen LogP contribution < -0.4 is 5.56 Å². The smallest absolute Gasteiger partial charge is 0.337 e. The Balaban J connectivity index is 2.59. The van der Waals surface area contributed by atoms with Gasteiger partial charge in [-0.15, -0.1) is 0 Å². The molecule has 0 spiro atoms. The number of carboxylic acids is 1. The van der Waals surface area contributed by atoms with Gasteiger partial charge in [0.15, 0.2) is 0 Å². The van der Waals surface area contributed by atoms with E-state index in [9.17, 15) is 14.7 Å². The molecule has 116 valence electrons. The van der Waals surface area contributed by atoms with Gasteiger partial charge in [0.25, 0.3) is 5.56 Å². The molecule has 2 atom stereocenters. The minimum Gasteiger partial charge on any atom is -0.478 e. The Bertz CT molecular complexity index is 601. The molecule has 1 saturated carbocycles. The summed E-state index contributed by atoms with van der Waals surface area (Å²) >= 11 is 0. The van der Waals surface area contributed by atoms with Crippen molar-refractivity contribution in [2.24, 2.45) is 11.8 Å². The van der Waals surface area contributed by atoms with Crippen molar-refractivity contribution < 1.29 is 9.90 Å². The van der Waals surface area contributed by atoms with Crippen LogP contribution in [-0.2, 0) is 0 Å². The summed E-state index contributed by atoms with van der Waals surface area (Å²) in [5, 5.41) is 9.42. The van der Waals surface area contributed by atoms with E-state index in [1.54, 1.807) is 18.4 Å². The number of pyridine rings is 1. The lowest BCUT2D eigenvalue weighted by atomic mass is 9.77. The van der Waals surface area contributed by atoms with Crippen molar-refractivity contribution in [2.45, 2.75) is 59.4 Å². The van der Waals surface area contributed by atoms with Gasteiger partial charge in [0, 0.05) is 17.8 Å². The van der Waals surface area contributed by atoms with Crippen molar-refractivity contribution in [3.63, 3.8) is 0 Å². The van der Waals surface area contributed by atoms with Crippen LogP contribution in [-0.4, -0.2) is 15.6 Å². The molecular weight excluding hydrogens is 266 g/mol. The molecule has 0 saturated heterocycles. The van der Waals surface area contributed by atoms with Crippen LogP contribution in [0.4, 0.5) is 0 Å². The number of aromatic carboxylic acids is 1. The molecule has 2 rings (SSSR count). The predicted molar refractivity (Wildman–Crippen MR) is 83.0 cm³/mol. The van der Waals surface area contributed by atoms with E-state index < -0.39 is 5.97 Å². The standard InChI is InChI=1S/C17H25NO3/c1-10(2)13-7-5-6-8-14(13)18-12(4)16(17(20)21)11(3)9-15(18)19/h9-10,13-14H,5-8H2,1-4H3,(H,20,21). The molecule has 1 aliphatic carbocycles. The summed E-state index contributed by atoms with van der Waals surface area (Å²) in [4.78, 5) is 24.0. The van der Waals surface area contributed by atoms with E-state index in [1.165, 1.54) is 12.5 Å². The minimum absolute atomic E-state index is 0.0625. The highest BCUT2D eigenvalue weighted by Gasteiger charge is 2.31. The van der Waals surface area contributed by atoms with Crippen LogP contribution in [0.2, 0.25) is 0 Å². The zero-order chi connectivity index (χ0) is 15.7. The molecule has 0 bridgehead atoms. The first kappa shape index (κ1) is 15.8. The third-order valence-electron chi connectivity index (χ3n) is 4.88. The van der Waals surface area contributed by atoms with E-state index in [0.717, 1.165) is 19.3 Å². The third kappa shape index (κ3) is 2.89. The van der Waals surface area contributed by atoms with Crippen molar-refractivity contribution in [2.75, 3.05) is 0 Å². The van der Waals surface area contributed by atoms with E-state index in [1.807, 2.05) is 0 Å². The molecular formula is C17H25NO3. The normalized spacial score (nSPS) is 22.5. The lowest BCUT2D eigenvalue weighted by molar-refractivity contribution is 0.0692. The lowest BCUT2D eigenvalue weighted by Gasteiger charge is -2.37. The largest absolute Gasteiger partial charge is 0.478 e. The quantitative estimate of drug-likeness (QED) is 0.926. The van der Waals surface area contributed by atoms with Crippen molar-refractivity contribution in [1.29, 1.82) is 0 Å². The second-order valence-corrected chi connectivity index (χ2v) is 6.56. The van der Waals surface area contributed by atoms with Crippen LogP contribution in [0.5, 0.6) is 0 Å². The first-order valence-electron chi connectivity index (χ1n) is 7.80. The van der Waals surface area contributed by atoms with Crippen molar-refractivity contribution in [1.82, 2.24) is 4.57 Å². The van der Waals surface area contributed by atoms with Crippen LogP contribution >= 0.6 is 0 Å². The van der Waals surface area contributed by atoms with Gasteiger partial charge in [-0.3, -0.25) is 4.79 Å². The van der Waals surface area contributed by atoms with E-state index in [4.69, 9.17) is 0 Å². The Morgan fingerprint density at radius 1 is 1.29 bits per heavy atom. The third-order valence-corrected chi connectivity index (χ3v) is 4.88. The zero-order valence-corrected chi connectivity index (χ0v) is 13.3. The maximum Gasteiger partial charge on any atom is 0.337 e. The maximum absolute atomic E-state index is 12.5. The fourth-order valence-corrected chi connectivity index (χ4v) is 3.87. The molecule has 0 aliphatic heterocycles. The number of aryl methyl sites for hydroxylation is 1. The molecule has 1 heterocycles. The first-order chi connectivity index (χ1) is 9.84. The van der Waals surface area contributed by atoms with Gasteiger partial charge in [0.2, 0.25) is 0 Å². The molecule has 1 fully saturated rings. The first-order valence-corrected chi connectivity index (χ1v) is 7.80. The van der Waals surface area contributed by atoms with Crippen LogP contribution in [0.15, 0.2) is 10.9 Å². The van der Waals surface area contributed by atoms with Gasteiger partial charge in [0.05, 0.1) is 5.56 Å². The van der Waals surface area contributed by atoms with Gasteiger partial charge < -0.3 is 9.67 Å². The summed E-state index contributed by atoms with van der Waals surface area (Å²) in [5.74, 6) is -0.00802. The molecule has 4 nitrogen and oxygen atoms in total. The van der Waals surface area contributed by atoms with Crippen molar-refractivity contribution in [3.8, 4) is 0 Å². The van der Waals surface area contributed by atoms with Gasteiger partial charge in [-0.1, -0.05) is 26.7 Å². The molecule has 2 unspecified atom stereocenters. The number of hydrogen-bond donors (Lipinski definition) is 1. The van der Waals surface area contributed by atoms with E-state index in [0.29, 0.717) is 23.1 Å². The highest BCUT2D eigenvalue weighted by molar-refractivity contribution is 5.90. The number of carbonyl (C=O) groups is 1. The van der Waals surface area contributed by atoms with E-state index in [-0.39, 0.29) is 17.2 Å². The monoisotopic (exact) mass is 291 g/mol. The average Bonchev–Trinajstić information content (AvgIpc) is 2.37. The number of carboxylic acid groups (broad SMARTS) is 1. The second-order valence-electron chi connectivity index (χ2n) is 6.56. The van der Waals surface area contributed by atoms with Crippen LogP contribution in [0, 0.1) is 25.7 Å². The number of hydrogen-bond acceptors (Lipinski definition) is 2. The van der Waals surface area contributed by atoms with E-state index >= 15 is 0 Å². The fraction of sp³-hybridized carbons (Fsp3) is 0.647. The lowest BCUT2D eigenvalue weighted by Crippen LogP contribution is -2.36. The Morgan fingerprint density at radius 3 is 2.48 bits per heavy atom. The van der Waals surface area contributed by atoms with Gasteiger partial charge >= 0.3 is 5.97 Å². The molecule has 4 heteroatoms. The Kier molecular flexibility index (Phi) is 4.55. The molecule has 1 aromatic rings. The highest BCUT2D eigenvalue weighted by Crippen LogP contribution is 2.38. The van der Waals surface area contributed by atoms with Crippen LogP contribution in [0.25, 0.3) is 0 Å². The Morgan fingerprint density at radius 2 is 1.90 bits per heavy atom. The molecule has 1 aliphatic rings. The summed E-state index contributed by atoms with van der Waals surface area (Å²) in [6.07, 6.45) is 4.39. The predicted octanol–water partition coefficient (Wildman–Crippen LogP) is 3.55. The molecule has 1 N–H and O–H groups in total. The SMILES string of the molecule is Cc1cc(=O)n(C2CCCCC2C(C)C)c(C)c1C(=O)O. The molecule has 21 heavy (non-hydrogen) atoms. The van der Waals surface area contributed by atoms with E-state index in [2.05, 4.69) is 13.8 Å². The van der Waals surface area contributed by atoms with Crippen LogP contribution in [0.3, 0.4) is 0 Å². The Hall–Kier alpha value is -1.58. The van der Waals surface area contributed by atoms with Gasteiger partial charge in [0.1, 0.15) is 0 Å². The molecule has 0 aromatic carbocycles. The molecule has 0 radical (unpaired) electrons. The fourth-order valence-electron chi connectivity index (χ4n) is 3.87. The van der Waals surface area contributed by atoms with Gasteiger partial charge in [-0.2, -0.15) is 0 Å². The average molecular weight is 291 g/mol. The van der Waals surface area contributed by atoms with Gasteiger partial charge in [-0.25, -0.2) is 4.79 Å². The number of nitrogens with zero attached hydrogens (tertiary/aromatic N) is 1. The summed E-state index contributed by atoms with van der Waals surface area (Å²) in [5.41, 5.74) is 1.37. The van der Waals surface area contributed by atoms with Crippen LogP contribution in [0.1, 0.15) is 67.2 Å². The number of aromatic nitrogens is 1. The number of rotatable bonds is 3. The Labute approximate surface area is 125 Å². The maximum atomic E-state index is 12.5. The van der Waals surface area contributed by atoms with Crippen molar-refractivity contribution >= 4 is 5.97 Å². The molecule has 1 aromatic heterocycles. The summed E-state index contributed by atoms with van der Waals surface area (Å²) < 4.78 is 1.75. The van der Waals surface area contributed by atoms with Gasteiger partial charge in [-0.05, 0) is 44.1 Å². The van der Waals surface area contributed by atoms with Crippen molar-refractivity contribution in [3.05, 3.63) is 33.2 Å². The topological polar surface area (TPSA) is 59.3 Å². The second kappa shape index (κ2) is 6.04. The summed E-state index contributed by atoms with van der Waals surface area (Å²) in [7, 11) is 0. The highest BCUT2D eigenvalue weighted by atomic mass is 16.4. The zero-order valence-electron chi connectivity index (χ0n) is 13.3.